The molecule has 0 unspecified atom stereocenters. The summed E-state index contributed by atoms with van der Waals surface area (Å²) in [5.74, 6) is 2.64. The Labute approximate surface area is 108 Å². The summed E-state index contributed by atoms with van der Waals surface area (Å²) in [5, 5.41) is 3.68. The van der Waals surface area contributed by atoms with Gasteiger partial charge in [-0.15, -0.1) is 0 Å². The Morgan fingerprint density at radius 2 is 2.29 bits per heavy atom. The molecule has 1 atom stereocenters. The summed E-state index contributed by atoms with van der Waals surface area (Å²) in [6.07, 6.45) is 2.57. The highest BCUT2D eigenvalue weighted by molar-refractivity contribution is 7.99. The van der Waals surface area contributed by atoms with E-state index in [1.165, 1.54) is 42.1 Å². The topological polar surface area (TPSA) is 15.3 Å². The van der Waals surface area contributed by atoms with Gasteiger partial charge in [0.05, 0.1) is 0 Å². The second-order valence-corrected chi connectivity index (χ2v) is 6.03. The molecule has 0 aliphatic carbocycles. The van der Waals surface area contributed by atoms with E-state index in [1.807, 2.05) is 0 Å². The molecule has 2 heterocycles. The van der Waals surface area contributed by atoms with Gasteiger partial charge in [0.25, 0.3) is 0 Å². The largest absolute Gasteiger partial charge is 0.370 e. The molecule has 0 spiro atoms. The van der Waals surface area contributed by atoms with Crippen molar-refractivity contribution in [1.82, 2.24) is 5.32 Å². The molecule has 2 nitrogen and oxygen atoms in total. The van der Waals surface area contributed by atoms with E-state index >= 15 is 0 Å². The first-order valence-corrected chi connectivity index (χ1v) is 7.73. The van der Waals surface area contributed by atoms with Crippen LogP contribution >= 0.6 is 11.8 Å². The van der Waals surface area contributed by atoms with Crippen LogP contribution in [0, 0.1) is 0 Å². The zero-order chi connectivity index (χ0) is 11.5. The van der Waals surface area contributed by atoms with Crippen LogP contribution in [0.4, 0.5) is 5.69 Å². The molecule has 0 amide bonds. The molecule has 3 rings (SSSR count). The van der Waals surface area contributed by atoms with E-state index < -0.39 is 0 Å². The van der Waals surface area contributed by atoms with Gasteiger partial charge in [0.2, 0.25) is 0 Å². The van der Waals surface area contributed by atoms with Gasteiger partial charge >= 0.3 is 0 Å². The standard InChI is InChI=1S/C14H20N2S/c1-2-4-14-12(3-1)5-8-16(14)9-7-15-13-6-10-17-11-13/h1-4,13,15H,5-11H2/t13-/m0/s1. The van der Waals surface area contributed by atoms with E-state index in [1.54, 1.807) is 0 Å². The van der Waals surface area contributed by atoms with Crippen molar-refractivity contribution in [3.8, 4) is 0 Å². The van der Waals surface area contributed by atoms with Crippen molar-refractivity contribution in [3.63, 3.8) is 0 Å². The summed E-state index contributed by atoms with van der Waals surface area (Å²) in [4.78, 5) is 2.52. The first-order chi connectivity index (χ1) is 8.43. The molecule has 2 aliphatic rings. The fraction of sp³-hybridized carbons (Fsp3) is 0.571. The summed E-state index contributed by atoms with van der Waals surface area (Å²) in [5.41, 5.74) is 2.97. The molecule has 0 bridgehead atoms. The zero-order valence-corrected chi connectivity index (χ0v) is 11.0. The van der Waals surface area contributed by atoms with Crippen LogP contribution in [0.1, 0.15) is 12.0 Å². The fourth-order valence-corrected chi connectivity index (χ4v) is 3.92. The lowest BCUT2D eigenvalue weighted by Crippen LogP contribution is -2.36. The lowest BCUT2D eigenvalue weighted by molar-refractivity contribution is 0.557. The highest BCUT2D eigenvalue weighted by Gasteiger charge is 2.19. The predicted molar refractivity (Wildman–Crippen MR) is 76.1 cm³/mol. The van der Waals surface area contributed by atoms with E-state index in [9.17, 15) is 0 Å². The molecule has 2 aliphatic heterocycles. The average molecular weight is 248 g/mol. The summed E-state index contributed by atoms with van der Waals surface area (Å²) in [6.45, 7) is 3.47. The summed E-state index contributed by atoms with van der Waals surface area (Å²) < 4.78 is 0. The minimum atomic E-state index is 0.762. The van der Waals surface area contributed by atoms with Gasteiger partial charge in [-0.3, -0.25) is 0 Å². The number of benzene rings is 1. The van der Waals surface area contributed by atoms with E-state index in [2.05, 4.69) is 46.2 Å². The van der Waals surface area contributed by atoms with Gasteiger partial charge < -0.3 is 10.2 Å². The van der Waals surface area contributed by atoms with E-state index in [-0.39, 0.29) is 0 Å². The van der Waals surface area contributed by atoms with Gasteiger partial charge in [0, 0.05) is 37.1 Å². The highest BCUT2D eigenvalue weighted by Crippen LogP contribution is 2.26. The molecule has 1 aromatic rings. The monoisotopic (exact) mass is 248 g/mol. The maximum atomic E-state index is 3.68. The maximum Gasteiger partial charge on any atom is 0.0399 e. The number of rotatable bonds is 4. The lowest BCUT2D eigenvalue weighted by atomic mass is 10.2. The molecule has 0 saturated carbocycles. The van der Waals surface area contributed by atoms with Gasteiger partial charge in [0.15, 0.2) is 0 Å². The van der Waals surface area contributed by atoms with Crippen LogP contribution in [0.25, 0.3) is 0 Å². The third-order valence-electron chi connectivity index (χ3n) is 3.73. The van der Waals surface area contributed by atoms with Crippen LogP contribution in [0.3, 0.4) is 0 Å². The van der Waals surface area contributed by atoms with Crippen LogP contribution in [0.5, 0.6) is 0 Å². The molecular weight excluding hydrogens is 228 g/mol. The number of hydrogen-bond donors (Lipinski definition) is 1. The van der Waals surface area contributed by atoms with Gasteiger partial charge in [-0.05, 0) is 30.2 Å². The summed E-state index contributed by atoms with van der Waals surface area (Å²) >= 11 is 2.08. The Balaban J connectivity index is 1.50. The molecule has 3 heteroatoms. The van der Waals surface area contributed by atoms with Gasteiger partial charge in [-0.1, -0.05) is 18.2 Å². The van der Waals surface area contributed by atoms with Crippen molar-refractivity contribution in [2.75, 3.05) is 36.0 Å². The van der Waals surface area contributed by atoms with Crippen LogP contribution in [0.2, 0.25) is 0 Å². The molecule has 17 heavy (non-hydrogen) atoms. The van der Waals surface area contributed by atoms with E-state index in [4.69, 9.17) is 0 Å². The Bertz CT molecular complexity index is 374. The van der Waals surface area contributed by atoms with Crippen LogP contribution in [-0.4, -0.2) is 37.2 Å². The van der Waals surface area contributed by atoms with Crippen molar-refractivity contribution in [3.05, 3.63) is 29.8 Å². The number of thioether (sulfide) groups is 1. The quantitative estimate of drug-likeness (QED) is 0.879. The lowest BCUT2D eigenvalue weighted by Gasteiger charge is -2.21. The van der Waals surface area contributed by atoms with Crippen molar-refractivity contribution < 1.29 is 0 Å². The molecule has 1 N–H and O–H groups in total. The Hall–Kier alpha value is -0.670. The zero-order valence-electron chi connectivity index (χ0n) is 10.2. The normalized spacial score (nSPS) is 23.1. The average Bonchev–Trinajstić information content (AvgIpc) is 2.99. The van der Waals surface area contributed by atoms with Crippen LogP contribution < -0.4 is 10.2 Å². The van der Waals surface area contributed by atoms with Crippen molar-refractivity contribution in [2.45, 2.75) is 18.9 Å². The van der Waals surface area contributed by atoms with E-state index in [0.29, 0.717) is 0 Å². The SMILES string of the molecule is c1ccc2c(c1)CCN2CCN[C@H]1CCSC1. The Morgan fingerprint density at radius 1 is 1.35 bits per heavy atom. The Morgan fingerprint density at radius 3 is 3.18 bits per heavy atom. The van der Waals surface area contributed by atoms with E-state index in [0.717, 1.165) is 19.1 Å². The molecular formula is C14H20N2S. The van der Waals surface area contributed by atoms with Gasteiger partial charge in [0.1, 0.15) is 0 Å². The van der Waals surface area contributed by atoms with Crippen LogP contribution in [0.15, 0.2) is 24.3 Å². The first kappa shape index (κ1) is 11.4. The molecule has 1 fully saturated rings. The predicted octanol–water partition coefficient (Wildman–Crippen LogP) is 2.14. The molecule has 1 aromatic carbocycles. The van der Waals surface area contributed by atoms with Crippen LogP contribution in [-0.2, 0) is 6.42 Å². The number of para-hydroxylation sites is 1. The minimum absolute atomic E-state index is 0.762. The van der Waals surface area contributed by atoms with Gasteiger partial charge in [-0.25, -0.2) is 0 Å². The second-order valence-electron chi connectivity index (χ2n) is 4.88. The summed E-state index contributed by atoms with van der Waals surface area (Å²) in [6, 6.07) is 9.58. The van der Waals surface area contributed by atoms with Crippen molar-refractivity contribution >= 4 is 17.4 Å². The first-order valence-electron chi connectivity index (χ1n) is 6.57. The molecule has 0 aromatic heterocycles. The number of hydrogen-bond acceptors (Lipinski definition) is 3. The highest BCUT2D eigenvalue weighted by atomic mass is 32.2. The third kappa shape index (κ3) is 2.61. The van der Waals surface area contributed by atoms with Crippen molar-refractivity contribution in [1.29, 1.82) is 0 Å². The number of fused-ring (bicyclic) bond motifs is 1. The third-order valence-corrected chi connectivity index (χ3v) is 4.89. The number of nitrogens with zero attached hydrogens (tertiary/aromatic N) is 1. The fourth-order valence-electron chi connectivity index (χ4n) is 2.74. The molecule has 1 saturated heterocycles. The number of anilines is 1. The number of nitrogens with one attached hydrogen (secondary N) is 1. The summed E-state index contributed by atoms with van der Waals surface area (Å²) in [7, 11) is 0. The maximum absolute atomic E-state index is 3.68. The minimum Gasteiger partial charge on any atom is -0.370 e. The van der Waals surface area contributed by atoms with Crippen molar-refractivity contribution in [2.24, 2.45) is 0 Å². The Kier molecular flexibility index (Phi) is 3.57. The molecule has 0 radical (unpaired) electrons. The smallest absolute Gasteiger partial charge is 0.0399 e. The second kappa shape index (κ2) is 5.32. The van der Waals surface area contributed by atoms with Gasteiger partial charge in [-0.2, -0.15) is 11.8 Å². The molecule has 92 valence electrons.